The minimum atomic E-state index is -0.238. The molecule has 1 aromatic carbocycles. The number of fused-ring (bicyclic) bond motifs is 3. The Bertz CT molecular complexity index is 1360. The van der Waals surface area contributed by atoms with Gasteiger partial charge in [0, 0.05) is 36.7 Å². The largest absolute Gasteiger partial charge is 0.462 e. The van der Waals surface area contributed by atoms with E-state index in [0.717, 1.165) is 74.1 Å². The van der Waals surface area contributed by atoms with Crippen molar-refractivity contribution in [1.82, 2.24) is 19.8 Å². The number of carbonyl (C=O) groups is 1. The molecule has 1 spiro atoms. The quantitative estimate of drug-likeness (QED) is 0.514. The van der Waals surface area contributed by atoms with Crippen molar-refractivity contribution in [3.63, 3.8) is 0 Å². The second kappa shape index (κ2) is 10.8. The number of rotatable bonds is 6. The highest BCUT2D eigenvalue weighted by Gasteiger charge is 2.43. The topological polar surface area (TPSA) is 85.6 Å². The molecule has 9 heteroatoms. The van der Waals surface area contributed by atoms with Gasteiger partial charge in [0.1, 0.15) is 18.2 Å². The fraction of sp³-hybridized carbons (Fsp3) is 0.548. The fourth-order valence-electron chi connectivity index (χ4n) is 7.33. The molecule has 3 atom stereocenters. The zero-order chi connectivity index (χ0) is 27.9. The van der Waals surface area contributed by atoms with Gasteiger partial charge in [0.25, 0.3) is 0 Å². The van der Waals surface area contributed by atoms with Crippen LogP contribution in [0.15, 0.2) is 30.9 Å². The van der Waals surface area contributed by atoms with Crippen LogP contribution in [0.4, 0.5) is 10.2 Å². The monoisotopic (exact) mass is 544 g/mol. The predicted molar refractivity (Wildman–Crippen MR) is 150 cm³/mol. The number of ether oxygens (including phenoxy) is 1. The van der Waals surface area contributed by atoms with Crippen molar-refractivity contribution in [1.29, 1.82) is 5.26 Å². The maximum Gasteiger partial charge on any atom is 0.318 e. The number of halogens is 1. The first-order valence-corrected chi connectivity index (χ1v) is 14.5. The lowest BCUT2D eigenvalue weighted by molar-refractivity contribution is -0.128. The molecule has 0 saturated carbocycles. The normalized spacial score (nSPS) is 25.9. The van der Waals surface area contributed by atoms with Gasteiger partial charge >= 0.3 is 6.01 Å². The molecule has 8 nitrogen and oxygen atoms in total. The molecule has 2 saturated heterocycles. The van der Waals surface area contributed by atoms with Gasteiger partial charge in [0.2, 0.25) is 5.91 Å². The molecule has 1 aromatic heterocycles. The Morgan fingerprint density at radius 3 is 2.88 bits per heavy atom. The van der Waals surface area contributed by atoms with Gasteiger partial charge in [0.05, 0.1) is 24.2 Å². The standard InChI is InChI=1S/C31H37FN6O2/c1-3-28(39)38-16-15-37(19-23(38)10-13-33)29-25-9-12-31(11-8-21-17-22(32)6-7-26(21)31)18-27(25)34-30(35-29)40-20-24-5-4-14-36(24)2/h3,6-7,17,23-24H,1,4-5,8-12,14-16,18-20H2,2H3. The SMILES string of the molecule is C=CC(=O)N1CCN(c2nc(OCC3CCCN3C)nc3c2CCC2(CCc4cc(F)ccc42)C3)CC1CC#N. The number of aryl methyl sites for hydroxylation is 1. The van der Waals surface area contributed by atoms with Crippen LogP contribution in [0.1, 0.15) is 54.5 Å². The van der Waals surface area contributed by atoms with E-state index in [2.05, 4.69) is 29.5 Å². The summed E-state index contributed by atoms with van der Waals surface area (Å²) >= 11 is 0. The molecule has 3 unspecified atom stereocenters. The van der Waals surface area contributed by atoms with Gasteiger partial charge in [-0.15, -0.1) is 0 Å². The molecule has 2 aliphatic heterocycles. The summed E-state index contributed by atoms with van der Waals surface area (Å²) in [4.78, 5) is 28.7. The lowest BCUT2D eigenvalue weighted by Crippen LogP contribution is -2.55. The number of benzene rings is 1. The first-order valence-electron chi connectivity index (χ1n) is 14.5. The van der Waals surface area contributed by atoms with Crippen molar-refractivity contribution in [2.75, 3.05) is 44.7 Å². The zero-order valence-electron chi connectivity index (χ0n) is 23.2. The number of hydrogen-bond acceptors (Lipinski definition) is 7. The minimum Gasteiger partial charge on any atom is -0.462 e. The first-order chi connectivity index (χ1) is 19.4. The van der Waals surface area contributed by atoms with Crippen LogP contribution in [0.5, 0.6) is 6.01 Å². The Labute approximate surface area is 235 Å². The summed E-state index contributed by atoms with van der Waals surface area (Å²) in [6.45, 7) is 6.89. The molecule has 3 heterocycles. The summed E-state index contributed by atoms with van der Waals surface area (Å²) in [7, 11) is 2.13. The fourth-order valence-corrected chi connectivity index (χ4v) is 7.33. The molecule has 0 N–H and O–H groups in total. The van der Waals surface area contributed by atoms with Crippen LogP contribution in [-0.4, -0.2) is 77.6 Å². The summed E-state index contributed by atoms with van der Waals surface area (Å²) in [5.41, 5.74) is 4.44. The van der Waals surface area contributed by atoms with Crippen LogP contribution in [0.2, 0.25) is 0 Å². The third-order valence-corrected chi connectivity index (χ3v) is 9.56. The van der Waals surface area contributed by atoms with E-state index in [0.29, 0.717) is 38.3 Å². The Hall–Kier alpha value is -3.51. The molecular formula is C31H37FN6O2. The first kappa shape index (κ1) is 26.7. The number of anilines is 1. The molecule has 0 bridgehead atoms. The van der Waals surface area contributed by atoms with E-state index in [1.54, 1.807) is 17.0 Å². The van der Waals surface area contributed by atoms with Crippen LogP contribution in [0.3, 0.4) is 0 Å². The number of nitrogens with zero attached hydrogens (tertiary/aromatic N) is 6. The molecule has 0 radical (unpaired) electrons. The average Bonchev–Trinajstić information content (AvgIpc) is 3.53. The van der Waals surface area contributed by atoms with Gasteiger partial charge < -0.3 is 19.4 Å². The van der Waals surface area contributed by atoms with Crippen LogP contribution >= 0.6 is 0 Å². The van der Waals surface area contributed by atoms with Crippen LogP contribution in [0.25, 0.3) is 0 Å². The van der Waals surface area contributed by atoms with E-state index >= 15 is 0 Å². The van der Waals surface area contributed by atoms with Crippen LogP contribution in [-0.2, 0) is 29.5 Å². The van der Waals surface area contributed by atoms with E-state index in [9.17, 15) is 14.4 Å². The van der Waals surface area contributed by atoms with E-state index in [-0.39, 0.29) is 29.6 Å². The molecule has 1 amide bonds. The van der Waals surface area contributed by atoms with E-state index in [1.165, 1.54) is 11.6 Å². The third kappa shape index (κ3) is 4.83. The Balaban J connectivity index is 1.33. The highest BCUT2D eigenvalue weighted by atomic mass is 19.1. The number of carbonyl (C=O) groups excluding carboxylic acids is 1. The maximum absolute atomic E-state index is 14.0. The Morgan fingerprint density at radius 2 is 2.10 bits per heavy atom. The average molecular weight is 545 g/mol. The van der Waals surface area contributed by atoms with Crippen molar-refractivity contribution in [2.45, 2.75) is 68.9 Å². The van der Waals surface area contributed by atoms with Crippen molar-refractivity contribution in [2.24, 2.45) is 0 Å². The molecule has 2 fully saturated rings. The Morgan fingerprint density at radius 1 is 1.25 bits per heavy atom. The number of likely N-dealkylation sites (tertiary alicyclic amines) is 1. The van der Waals surface area contributed by atoms with Gasteiger partial charge in [-0.2, -0.15) is 15.2 Å². The molecule has 2 aliphatic carbocycles. The Kier molecular flexibility index (Phi) is 7.22. The number of hydrogen-bond donors (Lipinski definition) is 0. The predicted octanol–water partition coefficient (Wildman–Crippen LogP) is 3.58. The molecule has 2 aromatic rings. The number of nitriles is 1. The summed E-state index contributed by atoms with van der Waals surface area (Å²) in [6, 6.07) is 8.00. The van der Waals surface area contributed by atoms with Crippen molar-refractivity contribution in [3.05, 3.63) is 59.1 Å². The minimum absolute atomic E-state index is 0.0526. The number of aromatic nitrogens is 2. The lowest BCUT2D eigenvalue weighted by Gasteiger charge is -2.42. The zero-order valence-corrected chi connectivity index (χ0v) is 23.2. The summed E-state index contributed by atoms with van der Waals surface area (Å²) in [6.07, 6.45) is 8.25. The summed E-state index contributed by atoms with van der Waals surface area (Å²) in [5.74, 6) is 0.540. The van der Waals surface area contributed by atoms with Crippen molar-refractivity contribution < 1.29 is 13.9 Å². The summed E-state index contributed by atoms with van der Waals surface area (Å²) < 4.78 is 20.3. The number of piperazine rings is 1. The highest BCUT2D eigenvalue weighted by molar-refractivity contribution is 5.87. The molecule has 4 aliphatic rings. The van der Waals surface area contributed by atoms with Gasteiger partial charge in [0.15, 0.2) is 0 Å². The van der Waals surface area contributed by atoms with Crippen LogP contribution in [0, 0.1) is 17.1 Å². The summed E-state index contributed by atoms with van der Waals surface area (Å²) in [5, 5.41) is 9.49. The number of likely N-dealkylation sites (N-methyl/N-ethyl adjacent to an activating group) is 1. The van der Waals surface area contributed by atoms with Gasteiger partial charge in [-0.05, 0) is 87.9 Å². The van der Waals surface area contributed by atoms with Gasteiger partial charge in [-0.3, -0.25) is 4.79 Å². The maximum atomic E-state index is 14.0. The lowest BCUT2D eigenvalue weighted by atomic mass is 9.69. The second-order valence-electron chi connectivity index (χ2n) is 11.8. The van der Waals surface area contributed by atoms with Gasteiger partial charge in [-0.25, -0.2) is 4.39 Å². The smallest absolute Gasteiger partial charge is 0.318 e. The molecule has 6 rings (SSSR count). The third-order valence-electron chi connectivity index (χ3n) is 9.56. The second-order valence-corrected chi connectivity index (χ2v) is 11.8. The van der Waals surface area contributed by atoms with Gasteiger partial charge in [-0.1, -0.05) is 12.6 Å². The van der Waals surface area contributed by atoms with Crippen LogP contribution < -0.4 is 9.64 Å². The highest BCUT2D eigenvalue weighted by Crippen LogP contribution is 2.49. The van der Waals surface area contributed by atoms with E-state index < -0.39 is 0 Å². The van der Waals surface area contributed by atoms with Crippen molar-refractivity contribution in [3.8, 4) is 12.1 Å². The van der Waals surface area contributed by atoms with E-state index in [4.69, 9.17) is 14.7 Å². The molecule has 40 heavy (non-hydrogen) atoms. The molecular weight excluding hydrogens is 507 g/mol. The van der Waals surface area contributed by atoms with E-state index in [1.807, 2.05) is 6.07 Å². The number of amides is 1. The van der Waals surface area contributed by atoms with Crippen molar-refractivity contribution >= 4 is 11.7 Å². The molecule has 210 valence electrons.